The molecule has 25 heavy (non-hydrogen) atoms. The Kier molecular flexibility index (Phi) is 4.40. The predicted molar refractivity (Wildman–Crippen MR) is 95.1 cm³/mol. The van der Waals surface area contributed by atoms with Crippen LogP contribution >= 0.6 is 0 Å². The van der Waals surface area contributed by atoms with Gasteiger partial charge in [-0.25, -0.2) is 0 Å². The molecular formula is C17H16N2O4S2. The van der Waals surface area contributed by atoms with Crippen LogP contribution in [0.4, 0.5) is 5.82 Å². The fraction of sp³-hybridized carbons (Fsp3) is 0.0588. The fourth-order valence-electron chi connectivity index (χ4n) is 2.39. The van der Waals surface area contributed by atoms with Gasteiger partial charge < -0.3 is 4.57 Å². The van der Waals surface area contributed by atoms with Gasteiger partial charge in [-0.2, -0.15) is 16.8 Å². The van der Waals surface area contributed by atoms with Crippen molar-refractivity contribution in [2.24, 2.45) is 7.05 Å². The van der Waals surface area contributed by atoms with Gasteiger partial charge in [0.05, 0.1) is 9.79 Å². The molecule has 130 valence electrons. The average molecular weight is 376 g/mol. The Bertz CT molecular complexity index is 1000. The van der Waals surface area contributed by atoms with Crippen LogP contribution in [0.25, 0.3) is 0 Å². The van der Waals surface area contributed by atoms with Crippen molar-refractivity contribution in [3.8, 4) is 0 Å². The lowest BCUT2D eigenvalue weighted by molar-refractivity contribution is 0.582. The van der Waals surface area contributed by atoms with E-state index in [9.17, 15) is 16.8 Å². The molecule has 6 nitrogen and oxygen atoms in total. The molecule has 0 aliphatic carbocycles. The van der Waals surface area contributed by atoms with E-state index in [1.54, 1.807) is 55.7 Å². The maximum atomic E-state index is 13.1. The monoisotopic (exact) mass is 376 g/mol. The summed E-state index contributed by atoms with van der Waals surface area (Å²) in [5.74, 6) is 0.0349. The lowest BCUT2D eigenvalue weighted by atomic mass is 10.4. The zero-order valence-electron chi connectivity index (χ0n) is 13.3. The molecule has 0 atom stereocenters. The fourth-order valence-corrected chi connectivity index (χ4v) is 6.20. The van der Waals surface area contributed by atoms with Gasteiger partial charge in [-0.1, -0.05) is 36.4 Å². The zero-order valence-corrected chi connectivity index (χ0v) is 15.0. The minimum absolute atomic E-state index is 0.0349. The van der Waals surface area contributed by atoms with E-state index in [0.717, 1.165) is 0 Å². The van der Waals surface area contributed by atoms with Crippen LogP contribution in [-0.4, -0.2) is 21.4 Å². The van der Waals surface area contributed by atoms with Crippen LogP contribution < -0.4 is 3.71 Å². The number of benzene rings is 2. The first-order chi connectivity index (χ1) is 11.8. The maximum absolute atomic E-state index is 13.1. The Morgan fingerprint density at radius 3 is 1.48 bits per heavy atom. The smallest absolute Gasteiger partial charge is 0.278 e. The summed E-state index contributed by atoms with van der Waals surface area (Å²) in [5, 5.41) is 0. The molecule has 0 radical (unpaired) electrons. The van der Waals surface area contributed by atoms with Crippen molar-refractivity contribution in [1.29, 1.82) is 0 Å². The third-order valence-electron chi connectivity index (χ3n) is 3.62. The summed E-state index contributed by atoms with van der Waals surface area (Å²) in [6, 6.07) is 18.0. The number of aromatic nitrogens is 1. The lowest BCUT2D eigenvalue weighted by Gasteiger charge is -2.24. The van der Waals surface area contributed by atoms with Crippen LogP contribution in [0.1, 0.15) is 0 Å². The first-order valence-corrected chi connectivity index (χ1v) is 10.2. The SMILES string of the molecule is Cn1cccc1N(S(=O)(=O)c1ccccc1)S(=O)(=O)c1ccccc1. The van der Waals surface area contributed by atoms with Crippen LogP contribution in [0.15, 0.2) is 88.8 Å². The average Bonchev–Trinajstić information content (AvgIpc) is 3.01. The first-order valence-electron chi connectivity index (χ1n) is 7.37. The number of sulfonamides is 2. The highest BCUT2D eigenvalue weighted by Crippen LogP contribution is 2.30. The van der Waals surface area contributed by atoms with Crippen molar-refractivity contribution in [2.75, 3.05) is 3.71 Å². The zero-order chi connectivity index (χ0) is 18.1. The number of anilines is 1. The van der Waals surface area contributed by atoms with Crippen LogP contribution in [0.3, 0.4) is 0 Å². The number of nitrogens with zero attached hydrogens (tertiary/aromatic N) is 2. The minimum atomic E-state index is -4.33. The van der Waals surface area contributed by atoms with Gasteiger partial charge in [0.1, 0.15) is 5.82 Å². The van der Waals surface area contributed by atoms with Gasteiger partial charge in [0, 0.05) is 13.2 Å². The van der Waals surface area contributed by atoms with Crippen molar-refractivity contribution in [2.45, 2.75) is 9.79 Å². The van der Waals surface area contributed by atoms with Crippen LogP contribution in [0.2, 0.25) is 0 Å². The topological polar surface area (TPSA) is 76.5 Å². The summed E-state index contributed by atoms with van der Waals surface area (Å²) in [4.78, 5) is -0.202. The molecule has 0 fully saturated rings. The van der Waals surface area contributed by atoms with E-state index in [4.69, 9.17) is 0 Å². The molecule has 0 saturated heterocycles. The van der Waals surface area contributed by atoms with Crippen molar-refractivity contribution in [3.05, 3.63) is 79.0 Å². The standard InChI is InChI=1S/C17H16N2O4S2/c1-18-14-8-13-17(18)19(24(20,21)15-9-4-2-5-10-15)25(22,23)16-11-6-3-7-12-16/h2-14H,1H3. The molecular weight excluding hydrogens is 360 g/mol. The maximum Gasteiger partial charge on any atom is 0.278 e. The van der Waals surface area contributed by atoms with E-state index in [-0.39, 0.29) is 15.6 Å². The highest BCUT2D eigenvalue weighted by molar-refractivity contribution is 8.10. The summed E-state index contributed by atoms with van der Waals surface area (Å²) in [5.41, 5.74) is 0. The van der Waals surface area contributed by atoms with Crippen molar-refractivity contribution >= 4 is 25.9 Å². The lowest BCUT2D eigenvalue weighted by Crippen LogP contribution is -2.38. The molecule has 3 aromatic rings. The number of hydrogen-bond donors (Lipinski definition) is 0. The summed E-state index contributed by atoms with van der Waals surface area (Å²) in [6.07, 6.45) is 1.59. The quantitative estimate of drug-likeness (QED) is 0.686. The molecule has 1 aromatic heterocycles. The Hall–Kier alpha value is -2.58. The predicted octanol–water partition coefficient (Wildman–Crippen LogP) is 2.61. The third kappa shape index (κ3) is 3.06. The summed E-state index contributed by atoms with van der Waals surface area (Å²) in [7, 11) is -7.07. The molecule has 0 spiro atoms. The number of rotatable bonds is 5. The molecule has 0 aliphatic rings. The molecule has 3 rings (SSSR count). The van der Waals surface area contributed by atoms with Gasteiger partial charge in [-0.3, -0.25) is 0 Å². The second-order valence-corrected chi connectivity index (χ2v) is 9.12. The van der Waals surface area contributed by atoms with Crippen molar-refractivity contribution in [1.82, 2.24) is 4.57 Å². The number of aryl methyl sites for hydroxylation is 1. The highest BCUT2D eigenvalue weighted by atomic mass is 32.3. The Morgan fingerprint density at radius 2 is 1.12 bits per heavy atom. The highest BCUT2D eigenvalue weighted by Gasteiger charge is 2.38. The van der Waals surface area contributed by atoms with Gasteiger partial charge in [0.15, 0.2) is 0 Å². The Morgan fingerprint density at radius 1 is 0.680 bits per heavy atom. The van der Waals surface area contributed by atoms with Gasteiger partial charge in [-0.15, -0.1) is 3.71 Å². The molecule has 1 heterocycles. The normalized spacial score (nSPS) is 12.0. The van der Waals surface area contributed by atoms with E-state index in [1.165, 1.54) is 34.9 Å². The largest absolute Gasteiger partial charge is 0.336 e. The van der Waals surface area contributed by atoms with Crippen LogP contribution in [-0.2, 0) is 27.1 Å². The molecule has 0 amide bonds. The molecule has 8 heteroatoms. The third-order valence-corrected chi connectivity index (χ3v) is 7.78. The Labute approximate surface area is 147 Å². The number of hydrogen-bond acceptors (Lipinski definition) is 4. The van der Waals surface area contributed by atoms with Gasteiger partial charge in [-0.05, 0) is 36.4 Å². The van der Waals surface area contributed by atoms with E-state index in [1.807, 2.05) is 0 Å². The first kappa shape index (κ1) is 17.2. The van der Waals surface area contributed by atoms with Crippen LogP contribution in [0, 0.1) is 0 Å². The molecule has 2 aromatic carbocycles. The van der Waals surface area contributed by atoms with Crippen molar-refractivity contribution in [3.63, 3.8) is 0 Å². The molecule has 0 unspecified atom stereocenters. The van der Waals surface area contributed by atoms with E-state index < -0.39 is 20.0 Å². The van der Waals surface area contributed by atoms with E-state index >= 15 is 0 Å². The second-order valence-electron chi connectivity index (χ2n) is 5.31. The van der Waals surface area contributed by atoms with E-state index in [0.29, 0.717) is 3.71 Å². The van der Waals surface area contributed by atoms with Crippen molar-refractivity contribution < 1.29 is 16.8 Å². The molecule has 0 N–H and O–H groups in total. The molecule has 0 bridgehead atoms. The summed E-state index contributed by atoms with van der Waals surface area (Å²) >= 11 is 0. The van der Waals surface area contributed by atoms with Gasteiger partial charge in [0.25, 0.3) is 20.0 Å². The van der Waals surface area contributed by atoms with Crippen LogP contribution in [0.5, 0.6) is 0 Å². The Balaban J connectivity index is 2.28. The molecule has 0 aliphatic heterocycles. The van der Waals surface area contributed by atoms with Gasteiger partial charge >= 0.3 is 0 Å². The second kappa shape index (κ2) is 6.38. The minimum Gasteiger partial charge on any atom is -0.336 e. The van der Waals surface area contributed by atoms with E-state index in [2.05, 4.69) is 0 Å². The molecule has 0 saturated carbocycles. The summed E-state index contributed by atoms with van der Waals surface area (Å²) < 4.78 is 54.5. The van der Waals surface area contributed by atoms with Gasteiger partial charge in [0.2, 0.25) is 0 Å². The summed E-state index contributed by atoms with van der Waals surface area (Å²) in [6.45, 7) is 0.